The van der Waals surface area contributed by atoms with Gasteiger partial charge in [-0.25, -0.2) is 13.1 Å². The van der Waals surface area contributed by atoms with Gasteiger partial charge in [0.15, 0.2) is 0 Å². The molecule has 22 heavy (non-hydrogen) atoms. The third-order valence-electron chi connectivity index (χ3n) is 3.51. The molecule has 0 aromatic carbocycles. The Hall–Kier alpha value is -0.495. The first kappa shape index (κ1) is 23.8. The Morgan fingerprint density at radius 2 is 0.864 bits per heavy atom. The average molecular weight is 502 g/mol. The van der Waals surface area contributed by atoms with Crippen LogP contribution in [-0.4, -0.2) is 19.3 Å². The van der Waals surface area contributed by atoms with Gasteiger partial charge in [0.1, 0.15) is 0 Å². The van der Waals surface area contributed by atoms with Gasteiger partial charge in [-0.1, -0.05) is 12.8 Å². The monoisotopic (exact) mass is 502 g/mol. The summed E-state index contributed by atoms with van der Waals surface area (Å²) in [5.74, 6) is 0. The van der Waals surface area contributed by atoms with Gasteiger partial charge in [0.25, 0.3) is 0 Å². The van der Waals surface area contributed by atoms with Gasteiger partial charge in [-0.3, -0.25) is 0 Å². The van der Waals surface area contributed by atoms with Gasteiger partial charge in [-0.15, -0.1) is 0 Å². The molecule has 0 heterocycles. The topological polar surface area (TPSA) is 8.72 Å². The summed E-state index contributed by atoms with van der Waals surface area (Å²) in [6.45, 7) is 13.4. The van der Waals surface area contributed by atoms with Crippen LogP contribution in [0.5, 0.6) is 0 Å². The van der Waals surface area contributed by atoms with Crippen LogP contribution in [-0.2, 0) is 22.4 Å². The molecule has 2 fully saturated rings. The predicted molar refractivity (Wildman–Crippen MR) is 77.1 cm³/mol. The molecule has 8 heteroatoms. The first-order chi connectivity index (χ1) is 9.86. The fourth-order valence-electron chi connectivity index (χ4n) is 2.42. The largest absolute Gasteiger partial charge is 1.00 e. The van der Waals surface area contributed by atoms with Crippen molar-refractivity contribution in [2.45, 2.75) is 76.3 Å². The maximum Gasteiger partial charge on any atom is 1.00 e. The van der Waals surface area contributed by atoms with Crippen molar-refractivity contribution in [2.75, 3.05) is 0 Å². The molecule has 0 saturated heterocycles. The molecular formula is C14H22AuBF4N2. The van der Waals surface area contributed by atoms with E-state index in [1.165, 1.54) is 38.5 Å². The summed E-state index contributed by atoms with van der Waals surface area (Å²) in [6.07, 6.45) is 12.5. The van der Waals surface area contributed by atoms with Crippen LogP contribution in [0.3, 0.4) is 0 Å². The Balaban J connectivity index is 0. The summed E-state index contributed by atoms with van der Waals surface area (Å²) < 4.78 is 39.0. The van der Waals surface area contributed by atoms with E-state index in [1.807, 2.05) is 0 Å². The fraction of sp³-hybridized carbons (Fsp3) is 0.857. The maximum atomic E-state index is 9.75. The Kier molecular flexibility index (Phi) is 15.3. The van der Waals surface area contributed by atoms with Crippen LogP contribution in [0, 0.1) is 13.1 Å². The van der Waals surface area contributed by atoms with Crippen molar-refractivity contribution in [3.63, 3.8) is 0 Å². The van der Waals surface area contributed by atoms with Crippen molar-refractivity contribution in [1.29, 1.82) is 0 Å². The fourth-order valence-corrected chi connectivity index (χ4v) is 2.42. The molecule has 0 amide bonds. The zero-order valence-electron chi connectivity index (χ0n) is 12.5. The van der Waals surface area contributed by atoms with Gasteiger partial charge < -0.3 is 27.0 Å². The molecule has 2 aliphatic carbocycles. The van der Waals surface area contributed by atoms with Crippen LogP contribution in [0.1, 0.15) is 64.2 Å². The number of halogens is 4. The second-order valence-corrected chi connectivity index (χ2v) is 5.34. The Labute approximate surface area is 146 Å². The molecular weight excluding hydrogens is 480 g/mol. The SMILES string of the molecule is F[B-](F)(F)F.[Au+].[C-]#[N+]C1CCCCC1.[C-]#[N+]C1CCCCC1. The molecule has 0 bridgehead atoms. The third kappa shape index (κ3) is 17.6. The molecule has 0 aromatic rings. The molecule has 0 N–H and O–H groups in total. The summed E-state index contributed by atoms with van der Waals surface area (Å²) >= 11 is 0. The minimum Gasteiger partial charge on any atom is -0.418 e. The van der Waals surface area contributed by atoms with Crippen molar-refractivity contribution in [3.8, 4) is 0 Å². The first-order valence-corrected chi connectivity index (χ1v) is 7.47. The zero-order valence-corrected chi connectivity index (χ0v) is 14.7. The summed E-state index contributed by atoms with van der Waals surface area (Å²) in [5.41, 5.74) is 0. The molecule has 0 spiro atoms. The minimum absolute atomic E-state index is 0. The van der Waals surface area contributed by atoms with Gasteiger partial charge in [-0.2, -0.15) is 0 Å². The van der Waals surface area contributed by atoms with Gasteiger partial charge in [0, 0.05) is 25.7 Å². The normalized spacial score (nSPS) is 19.0. The van der Waals surface area contributed by atoms with E-state index in [2.05, 4.69) is 9.69 Å². The van der Waals surface area contributed by atoms with Gasteiger partial charge in [-0.05, 0) is 25.7 Å². The predicted octanol–water partition coefficient (Wildman–Crippen LogP) is 5.77. The summed E-state index contributed by atoms with van der Waals surface area (Å²) in [6, 6.07) is 0.757. The van der Waals surface area contributed by atoms with Gasteiger partial charge >= 0.3 is 29.6 Å². The van der Waals surface area contributed by atoms with E-state index in [9.17, 15) is 17.3 Å². The van der Waals surface area contributed by atoms with E-state index in [0.717, 1.165) is 25.7 Å². The molecule has 2 saturated carbocycles. The Morgan fingerprint density at radius 3 is 1.00 bits per heavy atom. The van der Waals surface area contributed by atoms with Crippen LogP contribution in [0.15, 0.2) is 0 Å². The van der Waals surface area contributed by atoms with Crippen LogP contribution in [0.25, 0.3) is 9.69 Å². The maximum absolute atomic E-state index is 9.75. The van der Waals surface area contributed by atoms with Crippen LogP contribution < -0.4 is 0 Å². The first-order valence-electron chi connectivity index (χ1n) is 7.47. The van der Waals surface area contributed by atoms with Gasteiger partial charge in [0.2, 0.25) is 12.1 Å². The average Bonchev–Trinajstić information content (AvgIpc) is 2.48. The van der Waals surface area contributed by atoms with Crippen LogP contribution >= 0.6 is 0 Å². The Morgan fingerprint density at radius 1 is 0.636 bits per heavy atom. The van der Waals surface area contributed by atoms with E-state index in [-0.39, 0.29) is 22.4 Å². The van der Waals surface area contributed by atoms with Crippen molar-refractivity contribution >= 4 is 7.25 Å². The van der Waals surface area contributed by atoms with E-state index in [1.54, 1.807) is 0 Å². The molecule has 2 aliphatic rings. The van der Waals surface area contributed by atoms with E-state index in [4.69, 9.17) is 13.1 Å². The minimum atomic E-state index is -6.00. The van der Waals surface area contributed by atoms with E-state index < -0.39 is 7.25 Å². The van der Waals surface area contributed by atoms with Crippen LogP contribution in [0.4, 0.5) is 17.3 Å². The number of rotatable bonds is 0. The molecule has 0 aliphatic heterocycles. The second kappa shape index (κ2) is 14.1. The third-order valence-corrected chi connectivity index (χ3v) is 3.51. The number of hydrogen-bond donors (Lipinski definition) is 0. The molecule has 2 rings (SSSR count). The molecule has 2 nitrogen and oxygen atoms in total. The molecule has 130 valence electrons. The van der Waals surface area contributed by atoms with Crippen molar-refractivity contribution in [3.05, 3.63) is 22.8 Å². The summed E-state index contributed by atoms with van der Waals surface area (Å²) in [4.78, 5) is 7.00. The quantitative estimate of drug-likeness (QED) is 0.226. The molecule has 0 radical (unpaired) electrons. The molecule has 0 aromatic heterocycles. The van der Waals surface area contributed by atoms with Crippen molar-refractivity contribution in [2.24, 2.45) is 0 Å². The number of nitrogens with zero attached hydrogens (tertiary/aromatic N) is 2. The smallest absolute Gasteiger partial charge is 0.418 e. The van der Waals surface area contributed by atoms with E-state index in [0.29, 0.717) is 12.1 Å². The zero-order chi connectivity index (χ0) is 16.1. The molecule has 0 atom stereocenters. The van der Waals surface area contributed by atoms with Crippen molar-refractivity contribution < 1.29 is 39.6 Å². The van der Waals surface area contributed by atoms with Crippen LogP contribution in [0.2, 0.25) is 0 Å². The summed E-state index contributed by atoms with van der Waals surface area (Å²) in [7, 11) is -6.00. The van der Waals surface area contributed by atoms with Crippen molar-refractivity contribution in [1.82, 2.24) is 0 Å². The standard InChI is InChI=1S/2C7H11N.Au.BF4/c2*1-8-7-5-3-2-4-6-7;;2-1(3,4)5/h2*7H,2-6H2;;/q;;+1;-1. The number of hydrogen-bond acceptors (Lipinski definition) is 0. The summed E-state index contributed by atoms with van der Waals surface area (Å²) in [5, 5.41) is 0. The van der Waals surface area contributed by atoms with E-state index >= 15 is 0 Å². The van der Waals surface area contributed by atoms with Gasteiger partial charge in [0.05, 0.1) is 0 Å². The molecule has 0 unspecified atom stereocenters. The Bertz CT molecular complexity index is 306. The second-order valence-electron chi connectivity index (χ2n) is 5.34.